The Morgan fingerprint density at radius 1 is 1.47 bits per heavy atom. The Hall–Kier alpha value is -1.76. The Kier molecular flexibility index (Phi) is 4.77. The van der Waals surface area contributed by atoms with Crippen molar-refractivity contribution in [3.63, 3.8) is 0 Å². The van der Waals surface area contributed by atoms with Crippen LogP contribution in [-0.2, 0) is 9.53 Å². The van der Waals surface area contributed by atoms with E-state index in [1.165, 1.54) is 26.2 Å². The van der Waals surface area contributed by atoms with Gasteiger partial charge in [0.2, 0.25) is 0 Å². The third-order valence-corrected chi connectivity index (χ3v) is 2.48. The van der Waals surface area contributed by atoms with E-state index in [9.17, 15) is 18.0 Å². The van der Waals surface area contributed by atoms with Crippen LogP contribution in [0.2, 0.25) is 0 Å². The summed E-state index contributed by atoms with van der Waals surface area (Å²) in [5, 5.41) is 0. The monoisotopic (exact) mass is 277 g/mol. The molecule has 106 valence electrons. The number of hydrogen-bond donors (Lipinski definition) is 1. The zero-order valence-electron chi connectivity index (χ0n) is 10.5. The number of nitrogens with two attached hydrogens (primary N) is 1. The number of hydrogen-bond acceptors (Lipinski definition) is 4. The van der Waals surface area contributed by atoms with Crippen LogP contribution in [0.15, 0.2) is 18.2 Å². The van der Waals surface area contributed by atoms with Crippen molar-refractivity contribution < 1.29 is 27.4 Å². The highest BCUT2D eigenvalue weighted by molar-refractivity contribution is 5.79. The van der Waals surface area contributed by atoms with Crippen LogP contribution >= 0.6 is 0 Å². The molecule has 0 spiro atoms. The van der Waals surface area contributed by atoms with Crippen LogP contribution in [0.4, 0.5) is 13.2 Å². The molecule has 0 aliphatic carbocycles. The number of methoxy groups -OCH3 is 1. The van der Waals surface area contributed by atoms with Gasteiger partial charge in [-0.15, -0.1) is 0 Å². The van der Waals surface area contributed by atoms with Gasteiger partial charge in [0.1, 0.15) is 17.6 Å². The molecule has 2 N–H and O–H groups in total. The molecular weight excluding hydrogens is 263 g/mol. The fourth-order valence-electron chi connectivity index (χ4n) is 1.53. The highest BCUT2D eigenvalue weighted by atomic mass is 19.3. The number of esters is 1. The lowest BCUT2D eigenvalue weighted by Gasteiger charge is -2.23. The Morgan fingerprint density at radius 2 is 2.11 bits per heavy atom. The van der Waals surface area contributed by atoms with Gasteiger partial charge in [-0.3, -0.25) is 0 Å². The van der Waals surface area contributed by atoms with Crippen LogP contribution in [0.3, 0.4) is 0 Å². The maximum absolute atomic E-state index is 13.8. The lowest BCUT2D eigenvalue weighted by atomic mass is 9.99. The van der Waals surface area contributed by atoms with Gasteiger partial charge in [0, 0.05) is 0 Å². The maximum Gasteiger partial charge on any atom is 0.379 e. The summed E-state index contributed by atoms with van der Waals surface area (Å²) in [7, 11) is 1.19. The molecule has 0 amide bonds. The summed E-state index contributed by atoms with van der Waals surface area (Å²) in [5.41, 5.74) is 4.74. The smallest absolute Gasteiger partial charge is 0.379 e. The Labute approximate surface area is 108 Å². The van der Waals surface area contributed by atoms with E-state index in [2.05, 4.69) is 4.74 Å². The lowest BCUT2D eigenvalue weighted by Crippen LogP contribution is -2.42. The van der Waals surface area contributed by atoms with Crippen molar-refractivity contribution in [1.29, 1.82) is 0 Å². The van der Waals surface area contributed by atoms with Crippen molar-refractivity contribution >= 4 is 5.97 Å². The van der Waals surface area contributed by atoms with E-state index in [1.807, 2.05) is 0 Å². The maximum atomic E-state index is 13.8. The van der Waals surface area contributed by atoms with Gasteiger partial charge in [-0.05, 0) is 19.1 Å². The highest BCUT2D eigenvalue weighted by Gasteiger charge is 2.49. The minimum atomic E-state index is -4.05. The zero-order valence-corrected chi connectivity index (χ0v) is 10.5. The molecule has 1 rings (SSSR count). The lowest BCUT2D eigenvalue weighted by molar-refractivity contribution is -0.175. The van der Waals surface area contributed by atoms with Crippen LogP contribution in [-0.4, -0.2) is 25.6 Å². The fraction of sp³-hybridized carbons (Fsp3) is 0.417. The van der Waals surface area contributed by atoms with Crippen molar-refractivity contribution in [2.45, 2.75) is 18.9 Å². The number of halogens is 3. The third-order valence-electron chi connectivity index (χ3n) is 2.48. The third kappa shape index (κ3) is 2.98. The number of ether oxygens (including phenoxy) is 2. The predicted molar refractivity (Wildman–Crippen MR) is 61.5 cm³/mol. The van der Waals surface area contributed by atoms with Crippen molar-refractivity contribution in [3.05, 3.63) is 29.6 Å². The molecule has 0 saturated heterocycles. The quantitative estimate of drug-likeness (QED) is 0.836. The largest absolute Gasteiger partial charge is 0.496 e. The van der Waals surface area contributed by atoms with Crippen molar-refractivity contribution in [2.24, 2.45) is 5.73 Å². The molecule has 0 aromatic heterocycles. The van der Waals surface area contributed by atoms with Crippen molar-refractivity contribution in [2.75, 3.05) is 13.7 Å². The van der Waals surface area contributed by atoms with E-state index in [1.54, 1.807) is 0 Å². The van der Waals surface area contributed by atoms with Gasteiger partial charge in [0.25, 0.3) is 0 Å². The van der Waals surface area contributed by atoms with E-state index in [0.29, 0.717) is 0 Å². The van der Waals surface area contributed by atoms with E-state index >= 15 is 0 Å². The fourth-order valence-corrected chi connectivity index (χ4v) is 1.53. The average molecular weight is 277 g/mol. The Morgan fingerprint density at radius 3 is 2.63 bits per heavy atom. The summed E-state index contributed by atoms with van der Waals surface area (Å²) in [4.78, 5) is 11.2. The SMILES string of the molecule is CCOC(=O)C(F)(F)[C@H](N)c1c(F)cccc1OC. The van der Waals surface area contributed by atoms with E-state index in [0.717, 1.165) is 6.07 Å². The first-order valence-electron chi connectivity index (χ1n) is 5.49. The number of carbonyl (C=O) groups is 1. The summed E-state index contributed by atoms with van der Waals surface area (Å²) in [5.74, 6) is -6.98. The summed E-state index contributed by atoms with van der Waals surface area (Å²) < 4.78 is 50.1. The molecule has 1 atom stereocenters. The molecule has 0 saturated carbocycles. The van der Waals surface area contributed by atoms with Crippen molar-refractivity contribution in [3.8, 4) is 5.75 Å². The summed E-state index contributed by atoms with van der Waals surface area (Å²) >= 11 is 0. The zero-order chi connectivity index (χ0) is 14.6. The van der Waals surface area contributed by atoms with Crippen LogP contribution in [0.25, 0.3) is 0 Å². The van der Waals surface area contributed by atoms with Crippen LogP contribution in [0, 0.1) is 5.82 Å². The van der Waals surface area contributed by atoms with Crippen LogP contribution in [0.1, 0.15) is 18.5 Å². The van der Waals surface area contributed by atoms with Crippen LogP contribution in [0.5, 0.6) is 5.75 Å². The van der Waals surface area contributed by atoms with Gasteiger partial charge in [-0.25, -0.2) is 9.18 Å². The topological polar surface area (TPSA) is 61.5 Å². The molecule has 0 heterocycles. The first-order valence-corrected chi connectivity index (χ1v) is 5.49. The average Bonchev–Trinajstić information content (AvgIpc) is 2.37. The van der Waals surface area contributed by atoms with Gasteiger partial charge in [0.15, 0.2) is 0 Å². The predicted octanol–water partition coefficient (Wildman–Crippen LogP) is 2.03. The van der Waals surface area contributed by atoms with E-state index < -0.39 is 29.3 Å². The summed E-state index contributed by atoms with van der Waals surface area (Å²) in [6, 6.07) is 1.33. The molecular formula is C12H14F3NO3. The molecule has 0 aliphatic rings. The second-order valence-electron chi connectivity index (χ2n) is 3.68. The molecule has 7 heteroatoms. The number of alkyl halides is 2. The van der Waals surface area contributed by atoms with E-state index in [-0.39, 0.29) is 12.4 Å². The van der Waals surface area contributed by atoms with E-state index in [4.69, 9.17) is 10.5 Å². The molecule has 0 fully saturated rings. The molecule has 0 bridgehead atoms. The van der Waals surface area contributed by atoms with Crippen molar-refractivity contribution in [1.82, 2.24) is 0 Å². The second kappa shape index (κ2) is 5.92. The highest BCUT2D eigenvalue weighted by Crippen LogP contribution is 2.36. The van der Waals surface area contributed by atoms with Gasteiger partial charge >= 0.3 is 11.9 Å². The van der Waals surface area contributed by atoms with Gasteiger partial charge < -0.3 is 15.2 Å². The normalized spacial score (nSPS) is 12.9. The van der Waals surface area contributed by atoms with Gasteiger partial charge in [0.05, 0.1) is 19.3 Å². The van der Waals surface area contributed by atoms with Gasteiger partial charge in [-0.1, -0.05) is 6.07 Å². The standard InChI is InChI=1S/C12H14F3NO3/c1-3-19-11(17)12(14,15)10(16)9-7(13)5-4-6-8(9)18-2/h4-6,10H,3,16H2,1-2H3/t10-/m1/s1. The number of carbonyl (C=O) groups excluding carboxylic acids is 1. The first-order chi connectivity index (χ1) is 8.86. The molecule has 0 unspecified atom stereocenters. The molecule has 1 aromatic carbocycles. The number of benzene rings is 1. The Balaban J connectivity index is 3.19. The minimum absolute atomic E-state index is 0.156. The molecule has 4 nitrogen and oxygen atoms in total. The second-order valence-corrected chi connectivity index (χ2v) is 3.68. The van der Waals surface area contributed by atoms with Crippen LogP contribution < -0.4 is 10.5 Å². The summed E-state index contributed by atoms with van der Waals surface area (Å²) in [6.45, 7) is 1.15. The molecule has 0 radical (unpaired) electrons. The molecule has 0 aliphatic heterocycles. The Bertz CT molecular complexity index is 466. The summed E-state index contributed by atoms with van der Waals surface area (Å²) in [6.07, 6.45) is 0. The first kappa shape index (κ1) is 15.3. The minimum Gasteiger partial charge on any atom is -0.496 e. The molecule has 19 heavy (non-hydrogen) atoms. The number of rotatable bonds is 5. The van der Waals surface area contributed by atoms with Gasteiger partial charge in [-0.2, -0.15) is 8.78 Å². The molecule has 1 aromatic rings.